The molecule has 2 heterocycles. The first-order valence-corrected chi connectivity index (χ1v) is 7.19. The monoisotopic (exact) mass is 312 g/mol. The van der Waals surface area contributed by atoms with Crippen LogP contribution in [0.2, 0.25) is 0 Å². The lowest BCUT2D eigenvalue weighted by Gasteiger charge is -2.04. The van der Waals surface area contributed by atoms with Crippen LogP contribution in [0.15, 0.2) is 9.98 Å². The van der Waals surface area contributed by atoms with Crippen molar-refractivity contribution in [1.82, 2.24) is 21.5 Å². The molecule has 1 fully saturated rings. The number of aliphatic imine (C=N–C) groups is 2. The van der Waals surface area contributed by atoms with E-state index < -0.39 is 0 Å². The van der Waals surface area contributed by atoms with Gasteiger partial charge in [0.1, 0.15) is 11.6 Å². The van der Waals surface area contributed by atoms with Gasteiger partial charge in [-0.05, 0) is 6.42 Å². The third kappa shape index (κ3) is 7.55. The number of hydrogen-bond acceptors (Lipinski definition) is 10. The van der Waals surface area contributed by atoms with Gasteiger partial charge in [-0.3, -0.25) is 30.4 Å². The second-order valence-corrected chi connectivity index (χ2v) is 4.71. The molecule has 10 heteroatoms. The predicted octanol–water partition coefficient (Wildman–Crippen LogP) is -2.48. The Balaban J connectivity index is 0.000000166. The Morgan fingerprint density at radius 1 is 0.864 bits per heavy atom. The molecular weight excluding hydrogens is 288 g/mol. The van der Waals surface area contributed by atoms with E-state index in [1.54, 1.807) is 0 Å². The Morgan fingerprint density at radius 2 is 1.32 bits per heavy atom. The molecule has 0 spiro atoms. The summed E-state index contributed by atoms with van der Waals surface area (Å²) in [5.74, 6) is 11.6. The first kappa shape index (κ1) is 17.9. The first-order chi connectivity index (χ1) is 10.7. The number of hydrazine groups is 2. The Bertz CT molecular complexity index is 397. The molecule has 124 valence electrons. The van der Waals surface area contributed by atoms with Gasteiger partial charge in [0.2, 0.25) is 11.9 Å². The van der Waals surface area contributed by atoms with E-state index in [-0.39, 0.29) is 18.0 Å². The van der Waals surface area contributed by atoms with Crippen molar-refractivity contribution in [3.05, 3.63) is 0 Å². The number of nitrogens with two attached hydrogens (primary N) is 2. The van der Waals surface area contributed by atoms with Gasteiger partial charge in [0, 0.05) is 25.9 Å². The maximum atomic E-state index is 10.5. The second-order valence-electron chi connectivity index (χ2n) is 4.71. The number of nitrogens with zero attached hydrogens (tertiary/aromatic N) is 2. The van der Waals surface area contributed by atoms with Crippen LogP contribution in [0.25, 0.3) is 0 Å². The molecule has 0 aromatic heterocycles. The van der Waals surface area contributed by atoms with Crippen molar-refractivity contribution in [2.24, 2.45) is 21.7 Å². The van der Waals surface area contributed by atoms with Crippen LogP contribution in [-0.4, -0.2) is 49.7 Å². The SMILES string of the molecule is NNC1=NCCN1.NNC1=NCCN1.O=C1CCCC(=O)C1. The van der Waals surface area contributed by atoms with Crippen LogP contribution < -0.4 is 33.2 Å². The zero-order chi connectivity index (χ0) is 16.2. The molecule has 22 heavy (non-hydrogen) atoms. The van der Waals surface area contributed by atoms with E-state index in [1.807, 2.05) is 0 Å². The Labute approximate surface area is 129 Å². The second kappa shape index (κ2) is 10.5. The summed E-state index contributed by atoms with van der Waals surface area (Å²) in [6, 6.07) is 0. The molecule has 1 saturated carbocycles. The van der Waals surface area contributed by atoms with Gasteiger partial charge in [-0.15, -0.1) is 0 Å². The molecule has 3 aliphatic rings. The van der Waals surface area contributed by atoms with Crippen molar-refractivity contribution < 1.29 is 9.59 Å². The molecular formula is C12H24N8O2. The lowest BCUT2D eigenvalue weighted by molar-refractivity contribution is -0.129. The van der Waals surface area contributed by atoms with Gasteiger partial charge < -0.3 is 10.6 Å². The van der Waals surface area contributed by atoms with Gasteiger partial charge in [0.15, 0.2) is 0 Å². The third-order valence-corrected chi connectivity index (χ3v) is 2.93. The lowest BCUT2D eigenvalue weighted by Crippen LogP contribution is -2.38. The maximum absolute atomic E-state index is 10.5. The van der Waals surface area contributed by atoms with Gasteiger partial charge in [-0.1, -0.05) is 0 Å². The summed E-state index contributed by atoms with van der Waals surface area (Å²) in [7, 11) is 0. The number of hydrogen-bond donors (Lipinski definition) is 6. The van der Waals surface area contributed by atoms with E-state index in [4.69, 9.17) is 11.7 Å². The van der Waals surface area contributed by atoms with E-state index in [0.717, 1.165) is 32.6 Å². The number of rotatable bonds is 0. The molecule has 0 radical (unpaired) electrons. The first-order valence-electron chi connectivity index (χ1n) is 7.19. The number of carbonyl (C=O) groups excluding carboxylic acids is 2. The highest BCUT2D eigenvalue weighted by atomic mass is 16.1. The van der Waals surface area contributed by atoms with Crippen molar-refractivity contribution in [1.29, 1.82) is 0 Å². The lowest BCUT2D eigenvalue weighted by atomic mass is 9.98. The van der Waals surface area contributed by atoms with E-state index in [1.165, 1.54) is 0 Å². The normalized spacial score (nSPS) is 19.4. The molecule has 2 aliphatic heterocycles. The summed E-state index contributed by atoms with van der Waals surface area (Å²) in [4.78, 5) is 28.8. The Kier molecular flexibility index (Phi) is 8.53. The molecule has 0 aromatic rings. The number of guanidine groups is 2. The largest absolute Gasteiger partial charge is 0.353 e. The Hall–Kier alpha value is -2.20. The molecule has 0 amide bonds. The van der Waals surface area contributed by atoms with Gasteiger partial charge in [0.25, 0.3) is 0 Å². The molecule has 0 unspecified atom stereocenters. The molecule has 8 N–H and O–H groups in total. The summed E-state index contributed by atoms with van der Waals surface area (Å²) in [5, 5.41) is 5.84. The zero-order valence-electron chi connectivity index (χ0n) is 12.5. The van der Waals surface area contributed by atoms with Gasteiger partial charge in [-0.25, -0.2) is 11.7 Å². The smallest absolute Gasteiger partial charge is 0.205 e. The van der Waals surface area contributed by atoms with Crippen molar-refractivity contribution in [3.8, 4) is 0 Å². The highest BCUT2D eigenvalue weighted by Crippen LogP contribution is 2.09. The maximum Gasteiger partial charge on any atom is 0.205 e. The van der Waals surface area contributed by atoms with Crippen LogP contribution in [0, 0.1) is 0 Å². The summed E-state index contributed by atoms with van der Waals surface area (Å²) < 4.78 is 0. The molecule has 0 saturated heterocycles. The summed E-state index contributed by atoms with van der Waals surface area (Å²) >= 11 is 0. The molecule has 0 aromatic carbocycles. The zero-order valence-corrected chi connectivity index (χ0v) is 12.5. The van der Waals surface area contributed by atoms with Crippen LogP contribution in [-0.2, 0) is 9.59 Å². The highest BCUT2D eigenvalue weighted by Gasteiger charge is 2.14. The molecule has 3 rings (SSSR count). The number of carbonyl (C=O) groups is 2. The van der Waals surface area contributed by atoms with Gasteiger partial charge in [-0.2, -0.15) is 0 Å². The van der Waals surface area contributed by atoms with Crippen LogP contribution in [0.3, 0.4) is 0 Å². The van der Waals surface area contributed by atoms with Gasteiger partial charge in [0.05, 0.1) is 19.5 Å². The van der Waals surface area contributed by atoms with E-state index >= 15 is 0 Å². The fourth-order valence-corrected chi connectivity index (χ4v) is 1.87. The number of ketones is 2. The minimum absolute atomic E-state index is 0.112. The van der Waals surface area contributed by atoms with E-state index in [0.29, 0.717) is 24.8 Å². The molecule has 0 atom stereocenters. The van der Waals surface area contributed by atoms with Crippen LogP contribution >= 0.6 is 0 Å². The topological polar surface area (TPSA) is 159 Å². The molecule has 1 aliphatic carbocycles. The Morgan fingerprint density at radius 3 is 1.50 bits per heavy atom. The van der Waals surface area contributed by atoms with Crippen molar-refractivity contribution >= 4 is 23.5 Å². The summed E-state index contributed by atoms with van der Waals surface area (Å²) in [6.45, 7) is 3.47. The summed E-state index contributed by atoms with van der Waals surface area (Å²) in [6.07, 6.45) is 2.20. The molecule has 10 nitrogen and oxygen atoms in total. The van der Waals surface area contributed by atoms with Gasteiger partial charge >= 0.3 is 0 Å². The third-order valence-electron chi connectivity index (χ3n) is 2.93. The standard InChI is InChI=1S/C6H8O2.2C3H8N4/c7-5-2-1-3-6(8)4-5;2*4-7-3-5-1-2-6-3/h1-4H2;2*1-2,4H2,(H2,5,6,7). The van der Waals surface area contributed by atoms with E-state index in [9.17, 15) is 9.59 Å². The van der Waals surface area contributed by atoms with Crippen LogP contribution in [0.4, 0.5) is 0 Å². The number of Topliss-reactive ketones (excluding diaryl/α,β-unsaturated/α-hetero) is 2. The van der Waals surface area contributed by atoms with Crippen molar-refractivity contribution in [3.63, 3.8) is 0 Å². The van der Waals surface area contributed by atoms with Crippen LogP contribution in [0.5, 0.6) is 0 Å². The quantitative estimate of drug-likeness (QED) is 0.163. The van der Waals surface area contributed by atoms with E-state index in [2.05, 4.69) is 31.5 Å². The molecule has 0 bridgehead atoms. The van der Waals surface area contributed by atoms with Crippen molar-refractivity contribution in [2.75, 3.05) is 26.2 Å². The summed E-state index contributed by atoms with van der Waals surface area (Å²) in [5.41, 5.74) is 4.81. The van der Waals surface area contributed by atoms with Crippen LogP contribution in [0.1, 0.15) is 25.7 Å². The average Bonchev–Trinajstić information content (AvgIpc) is 3.21. The van der Waals surface area contributed by atoms with Crippen molar-refractivity contribution in [2.45, 2.75) is 25.7 Å². The minimum Gasteiger partial charge on any atom is -0.353 e. The predicted molar refractivity (Wildman–Crippen MR) is 83.7 cm³/mol. The number of nitrogens with one attached hydrogen (secondary N) is 4. The fourth-order valence-electron chi connectivity index (χ4n) is 1.87. The fraction of sp³-hybridized carbons (Fsp3) is 0.667. The minimum atomic E-state index is 0.112. The highest BCUT2D eigenvalue weighted by molar-refractivity contribution is 6.01. The average molecular weight is 312 g/mol.